The van der Waals surface area contributed by atoms with E-state index in [4.69, 9.17) is 4.74 Å². The van der Waals surface area contributed by atoms with Crippen LogP contribution in [0.3, 0.4) is 0 Å². The van der Waals surface area contributed by atoms with Crippen molar-refractivity contribution in [3.63, 3.8) is 0 Å². The van der Waals surface area contributed by atoms with Crippen molar-refractivity contribution >= 4 is 34.0 Å². The fourth-order valence-corrected chi connectivity index (χ4v) is 2.05. The van der Waals surface area contributed by atoms with Crippen molar-refractivity contribution < 1.29 is 14.3 Å². The molecule has 0 bridgehead atoms. The molecular weight excluding hydrogens is 362 g/mol. The Morgan fingerprint density at radius 1 is 1.35 bits per heavy atom. The van der Waals surface area contributed by atoms with Crippen LogP contribution in [0.15, 0.2) is 27.8 Å². The number of carbonyl (C=O) groups is 2. The monoisotopic (exact) mass is 383 g/mol. The molecule has 0 saturated carbocycles. The van der Waals surface area contributed by atoms with E-state index in [0.717, 1.165) is 28.6 Å². The maximum atomic E-state index is 11.6. The molecule has 0 fully saturated rings. The molecule has 0 aliphatic rings. The first-order valence-corrected chi connectivity index (χ1v) is 8.33. The Hall–Kier alpha value is -1.89. The van der Waals surface area contributed by atoms with Gasteiger partial charge in [-0.15, -0.1) is 0 Å². The van der Waals surface area contributed by atoms with Crippen LogP contribution in [0.25, 0.3) is 0 Å². The van der Waals surface area contributed by atoms with Gasteiger partial charge in [-0.05, 0) is 59.5 Å². The Morgan fingerprint density at radius 2 is 2.09 bits per heavy atom. The average Bonchev–Trinajstić information content (AvgIpc) is 2.53. The highest BCUT2D eigenvalue weighted by molar-refractivity contribution is 9.10. The van der Waals surface area contributed by atoms with Crippen LogP contribution in [0.1, 0.15) is 39.2 Å². The van der Waals surface area contributed by atoms with E-state index in [1.165, 1.54) is 6.21 Å². The van der Waals surface area contributed by atoms with E-state index in [1.54, 1.807) is 0 Å². The van der Waals surface area contributed by atoms with Gasteiger partial charge in [-0.3, -0.25) is 9.59 Å². The highest BCUT2D eigenvalue weighted by Crippen LogP contribution is 2.25. The van der Waals surface area contributed by atoms with Crippen molar-refractivity contribution in [2.24, 2.45) is 5.10 Å². The molecule has 2 amide bonds. The van der Waals surface area contributed by atoms with Gasteiger partial charge >= 0.3 is 11.8 Å². The minimum atomic E-state index is -0.788. The zero-order valence-electron chi connectivity index (χ0n) is 13.6. The number of amides is 2. The molecule has 6 nitrogen and oxygen atoms in total. The first-order valence-electron chi connectivity index (χ1n) is 7.54. The largest absolute Gasteiger partial charge is 0.492 e. The van der Waals surface area contributed by atoms with E-state index < -0.39 is 11.8 Å². The highest BCUT2D eigenvalue weighted by Gasteiger charge is 2.14. The maximum Gasteiger partial charge on any atom is 0.329 e. The molecule has 0 spiro atoms. The van der Waals surface area contributed by atoms with Crippen LogP contribution in [-0.2, 0) is 9.59 Å². The van der Waals surface area contributed by atoms with Crippen molar-refractivity contribution in [2.45, 2.75) is 39.7 Å². The minimum Gasteiger partial charge on any atom is -0.492 e. The lowest BCUT2D eigenvalue weighted by Crippen LogP contribution is -2.41. The van der Waals surface area contributed by atoms with Crippen molar-refractivity contribution in [2.75, 3.05) is 6.61 Å². The smallest absolute Gasteiger partial charge is 0.329 e. The fraction of sp³-hybridized carbons (Fsp3) is 0.438. The molecule has 0 aliphatic carbocycles. The fourth-order valence-electron chi connectivity index (χ4n) is 1.53. The van der Waals surface area contributed by atoms with Gasteiger partial charge in [0.2, 0.25) is 0 Å². The number of hydrogen-bond donors (Lipinski definition) is 2. The summed E-state index contributed by atoms with van der Waals surface area (Å²) in [4.78, 5) is 23.1. The number of rotatable bonds is 7. The van der Waals surface area contributed by atoms with Gasteiger partial charge in [0, 0.05) is 6.04 Å². The number of halogens is 1. The third-order valence-corrected chi connectivity index (χ3v) is 3.61. The quantitative estimate of drug-likeness (QED) is 0.431. The molecule has 0 saturated heterocycles. The van der Waals surface area contributed by atoms with Gasteiger partial charge in [0.05, 0.1) is 17.3 Å². The first-order chi connectivity index (χ1) is 11.0. The van der Waals surface area contributed by atoms with E-state index >= 15 is 0 Å². The molecule has 7 heteroatoms. The zero-order valence-corrected chi connectivity index (χ0v) is 15.1. The van der Waals surface area contributed by atoms with Crippen LogP contribution >= 0.6 is 15.9 Å². The van der Waals surface area contributed by atoms with Crippen LogP contribution in [-0.4, -0.2) is 30.7 Å². The number of ether oxygens (including phenoxy) is 1. The van der Waals surface area contributed by atoms with Crippen molar-refractivity contribution in [1.29, 1.82) is 0 Å². The van der Waals surface area contributed by atoms with Crippen molar-refractivity contribution in [1.82, 2.24) is 10.7 Å². The predicted octanol–water partition coefficient (Wildman–Crippen LogP) is 2.60. The third-order valence-electron chi connectivity index (χ3n) is 2.99. The summed E-state index contributed by atoms with van der Waals surface area (Å²) in [6.45, 7) is 6.43. The van der Waals surface area contributed by atoms with Crippen LogP contribution in [0.4, 0.5) is 0 Å². The summed E-state index contributed by atoms with van der Waals surface area (Å²) < 4.78 is 6.35. The van der Waals surface area contributed by atoms with Gasteiger partial charge in [-0.1, -0.05) is 13.8 Å². The molecule has 1 atom stereocenters. The zero-order chi connectivity index (χ0) is 17.2. The van der Waals surface area contributed by atoms with Gasteiger partial charge in [0.15, 0.2) is 0 Å². The summed E-state index contributed by atoms with van der Waals surface area (Å²) in [5, 5.41) is 6.35. The standard InChI is InChI=1S/C16H22BrN3O3/c1-4-8-23-14-7-6-12(9-13(14)17)10-18-20-16(22)15(21)19-11(3)5-2/h6-7,9-11H,4-5,8H2,1-3H3,(H,19,21)(H,20,22)/b18-10-/t11-/m0/s1. The highest BCUT2D eigenvalue weighted by atomic mass is 79.9. The van der Waals surface area contributed by atoms with Crippen LogP contribution < -0.4 is 15.5 Å². The number of benzene rings is 1. The first kappa shape index (κ1) is 19.2. The number of hydrazone groups is 1. The molecule has 1 aromatic rings. The summed E-state index contributed by atoms with van der Waals surface area (Å²) in [6, 6.07) is 5.40. The molecule has 0 radical (unpaired) electrons. The van der Waals surface area contributed by atoms with Crippen LogP contribution in [0, 0.1) is 0 Å². The molecular formula is C16H22BrN3O3. The summed E-state index contributed by atoms with van der Waals surface area (Å²) in [7, 11) is 0. The van der Waals surface area contributed by atoms with Gasteiger partial charge in [-0.25, -0.2) is 5.43 Å². The van der Waals surface area contributed by atoms with Gasteiger partial charge in [-0.2, -0.15) is 5.10 Å². The minimum absolute atomic E-state index is 0.0520. The van der Waals surface area contributed by atoms with Gasteiger partial charge in [0.25, 0.3) is 0 Å². The SMILES string of the molecule is CCCOc1ccc(/C=N\NC(=O)C(=O)N[C@@H](C)CC)cc1Br. The normalized spacial score (nSPS) is 12.0. The Balaban J connectivity index is 2.56. The lowest BCUT2D eigenvalue weighted by atomic mass is 10.2. The van der Waals surface area contributed by atoms with E-state index in [9.17, 15) is 9.59 Å². The molecule has 0 aliphatic heterocycles. The molecule has 126 valence electrons. The summed E-state index contributed by atoms with van der Waals surface area (Å²) >= 11 is 3.42. The van der Waals surface area contributed by atoms with E-state index in [1.807, 2.05) is 39.0 Å². The van der Waals surface area contributed by atoms with Crippen molar-refractivity contribution in [3.05, 3.63) is 28.2 Å². The summed E-state index contributed by atoms with van der Waals surface area (Å²) in [5.41, 5.74) is 2.97. The Labute approximate surface area is 144 Å². The molecule has 0 unspecified atom stereocenters. The Morgan fingerprint density at radius 3 is 2.70 bits per heavy atom. The lowest BCUT2D eigenvalue weighted by Gasteiger charge is -2.09. The third kappa shape index (κ3) is 6.81. The van der Waals surface area contributed by atoms with Crippen LogP contribution in [0.5, 0.6) is 5.75 Å². The molecule has 23 heavy (non-hydrogen) atoms. The van der Waals surface area contributed by atoms with Gasteiger partial charge < -0.3 is 10.1 Å². The van der Waals surface area contributed by atoms with E-state index in [-0.39, 0.29) is 6.04 Å². The van der Waals surface area contributed by atoms with Gasteiger partial charge in [0.1, 0.15) is 5.75 Å². The molecule has 0 heterocycles. The number of nitrogens with one attached hydrogen (secondary N) is 2. The van der Waals surface area contributed by atoms with E-state index in [2.05, 4.69) is 31.8 Å². The second kappa shape index (κ2) is 9.99. The number of hydrogen-bond acceptors (Lipinski definition) is 4. The topological polar surface area (TPSA) is 79.8 Å². The molecule has 1 rings (SSSR count). The summed E-state index contributed by atoms with van der Waals surface area (Å²) in [5.74, 6) is -0.731. The van der Waals surface area contributed by atoms with Crippen molar-refractivity contribution in [3.8, 4) is 5.75 Å². The molecule has 1 aromatic carbocycles. The average molecular weight is 384 g/mol. The van der Waals surface area contributed by atoms with Crippen LogP contribution in [0.2, 0.25) is 0 Å². The Kier molecular flexibility index (Phi) is 8.32. The second-order valence-corrected chi connectivity index (χ2v) is 5.87. The predicted molar refractivity (Wildman–Crippen MR) is 93.6 cm³/mol. The molecule has 2 N–H and O–H groups in total. The maximum absolute atomic E-state index is 11.6. The Bertz CT molecular complexity index is 576. The number of carbonyl (C=O) groups excluding carboxylic acids is 2. The summed E-state index contributed by atoms with van der Waals surface area (Å²) in [6.07, 6.45) is 3.14. The van der Waals surface area contributed by atoms with E-state index in [0.29, 0.717) is 6.61 Å². The second-order valence-electron chi connectivity index (χ2n) is 5.02. The number of nitrogens with zero attached hydrogens (tertiary/aromatic N) is 1. The lowest BCUT2D eigenvalue weighted by molar-refractivity contribution is -0.139. The molecule has 0 aromatic heterocycles.